The molecule has 28 heavy (non-hydrogen) atoms. The molecule has 0 atom stereocenters. The smallest absolute Gasteiger partial charge is 0.227 e. The van der Waals surface area contributed by atoms with Gasteiger partial charge in [-0.1, -0.05) is 12.1 Å². The van der Waals surface area contributed by atoms with Crippen LogP contribution in [0.3, 0.4) is 0 Å². The molecule has 0 saturated heterocycles. The molecule has 2 aromatic carbocycles. The SMILES string of the molecule is COc1ccc(CC(=O)N(Cc2cc(OC)c(OC)c(OC)c2)C2CC2)cc1. The second-order valence-corrected chi connectivity index (χ2v) is 6.81. The lowest BCUT2D eigenvalue weighted by Crippen LogP contribution is -2.33. The van der Waals surface area contributed by atoms with Crippen molar-refractivity contribution in [1.82, 2.24) is 4.90 Å². The summed E-state index contributed by atoms with van der Waals surface area (Å²) in [5.74, 6) is 2.63. The van der Waals surface area contributed by atoms with Crippen molar-refractivity contribution in [2.75, 3.05) is 28.4 Å². The predicted octanol–water partition coefficient (Wildman–Crippen LogP) is 3.45. The Morgan fingerprint density at radius 3 is 1.96 bits per heavy atom. The second kappa shape index (κ2) is 8.87. The maximum atomic E-state index is 13.0. The number of methoxy groups -OCH3 is 4. The summed E-state index contributed by atoms with van der Waals surface area (Å²) in [7, 11) is 6.39. The largest absolute Gasteiger partial charge is 0.497 e. The molecule has 0 radical (unpaired) electrons. The lowest BCUT2D eigenvalue weighted by atomic mass is 10.1. The van der Waals surface area contributed by atoms with Crippen LogP contribution in [0.15, 0.2) is 36.4 Å². The van der Waals surface area contributed by atoms with E-state index in [0.717, 1.165) is 29.7 Å². The van der Waals surface area contributed by atoms with Crippen molar-refractivity contribution in [3.8, 4) is 23.0 Å². The van der Waals surface area contributed by atoms with Gasteiger partial charge in [0.1, 0.15) is 5.75 Å². The molecule has 6 heteroatoms. The van der Waals surface area contributed by atoms with Gasteiger partial charge in [-0.3, -0.25) is 4.79 Å². The van der Waals surface area contributed by atoms with Gasteiger partial charge in [-0.25, -0.2) is 0 Å². The van der Waals surface area contributed by atoms with Gasteiger partial charge in [0.2, 0.25) is 11.7 Å². The van der Waals surface area contributed by atoms with Crippen molar-refractivity contribution in [1.29, 1.82) is 0 Å². The molecule has 1 fully saturated rings. The maximum absolute atomic E-state index is 13.0. The Morgan fingerprint density at radius 2 is 1.50 bits per heavy atom. The van der Waals surface area contributed by atoms with Gasteiger partial charge in [0.25, 0.3) is 0 Å². The number of carbonyl (C=O) groups is 1. The normalized spacial score (nSPS) is 13.0. The van der Waals surface area contributed by atoms with Crippen LogP contribution in [0.25, 0.3) is 0 Å². The third-order valence-corrected chi connectivity index (χ3v) is 4.90. The Kier molecular flexibility index (Phi) is 6.29. The molecule has 1 saturated carbocycles. The molecule has 1 amide bonds. The Balaban J connectivity index is 1.78. The number of rotatable bonds is 9. The molecule has 2 aromatic rings. The maximum Gasteiger partial charge on any atom is 0.227 e. The summed E-state index contributed by atoms with van der Waals surface area (Å²) in [6.07, 6.45) is 2.45. The lowest BCUT2D eigenvalue weighted by molar-refractivity contribution is -0.131. The van der Waals surface area contributed by atoms with Crippen molar-refractivity contribution in [2.45, 2.75) is 31.8 Å². The fourth-order valence-corrected chi connectivity index (χ4v) is 3.25. The van der Waals surface area contributed by atoms with Gasteiger partial charge in [0, 0.05) is 12.6 Å². The number of benzene rings is 2. The molecule has 0 aliphatic heterocycles. The average molecular weight is 385 g/mol. The van der Waals surface area contributed by atoms with Gasteiger partial charge in [0.15, 0.2) is 11.5 Å². The van der Waals surface area contributed by atoms with Crippen molar-refractivity contribution in [2.24, 2.45) is 0 Å². The van der Waals surface area contributed by atoms with Crippen molar-refractivity contribution >= 4 is 5.91 Å². The summed E-state index contributed by atoms with van der Waals surface area (Å²) in [6, 6.07) is 11.7. The van der Waals surface area contributed by atoms with Crippen molar-refractivity contribution in [3.63, 3.8) is 0 Å². The summed E-state index contributed by atoms with van der Waals surface area (Å²) in [6.45, 7) is 0.510. The van der Waals surface area contributed by atoms with E-state index in [-0.39, 0.29) is 5.91 Å². The van der Waals surface area contributed by atoms with E-state index in [0.29, 0.717) is 36.3 Å². The molecule has 1 aliphatic carbocycles. The molecular weight excluding hydrogens is 358 g/mol. The second-order valence-electron chi connectivity index (χ2n) is 6.81. The number of carbonyl (C=O) groups excluding carboxylic acids is 1. The molecule has 0 bridgehead atoms. The molecule has 0 N–H and O–H groups in total. The zero-order valence-electron chi connectivity index (χ0n) is 16.9. The molecule has 6 nitrogen and oxygen atoms in total. The molecule has 3 rings (SSSR count). The van der Waals surface area contributed by atoms with E-state index in [1.165, 1.54) is 0 Å². The average Bonchev–Trinajstić information content (AvgIpc) is 3.56. The molecule has 150 valence electrons. The molecule has 0 heterocycles. The van der Waals surface area contributed by atoms with Gasteiger partial charge in [-0.15, -0.1) is 0 Å². The van der Waals surface area contributed by atoms with E-state index in [1.807, 2.05) is 41.3 Å². The van der Waals surface area contributed by atoms with Gasteiger partial charge in [-0.2, -0.15) is 0 Å². The van der Waals surface area contributed by atoms with Crippen LogP contribution in [0.1, 0.15) is 24.0 Å². The Bertz CT molecular complexity index is 789. The number of amides is 1. The highest BCUT2D eigenvalue weighted by molar-refractivity contribution is 5.79. The first kappa shape index (κ1) is 19.9. The monoisotopic (exact) mass is 385 g/mol. The van der Waals surface area contributed by atoms with Crippen LogP contribution >= 0.6 is 0 Å². The molecule has 0 aromatic heterocycles. The lowest BCUT2D eigenvalue weighted by Gasteiger charge is -2.24. The Hall–Kier alpha value is -2.89. The standard InChI is InChI=1S/C22H27NO5/c1-25-18-9-5-15(6-10-18)13-21(24)23(17-7-8-17)14-16-11-19(26-2)22(28-4)20(12-16)27-3/h5-6,9-12,17H,7-8,13-14H2,1-4H3. The summed E-state index contributed by atoms with van der Waals surface area (Å²) >= 11 is 0. The van der Waals surface area contributed by atoms with E-state index < -0.39 is 0 Å². The van der Waals surface area contributed by atoms with E-state index in [1.54, 1.807) is 28.4 Å². The first-order valence-corrected chi connectivity index (χ1v) is 9.30. The summed E-state index contributed by atoms with van der Waals surface area (Å²) in [4.78, 5) is 14.9. The zero-order valence-corrected chi connectivity index (χ0v) is 16.9. The third-order valence-electron chi connectivity index (χ3n) is 4.90. The van der Waals surface area contributed by atoms with Gasteiger partial charge < -0.3 is 23.8 Å². The minimum absolute atomic E-state index is 0.112. The van der Waals surface area contributed by atoms with Crippen LogP contribution in [0.4, 0.5) is 0 Å². The van der Waals surface area contributed by atoms with Crippen molar-refractivity contribution < 1.29 is 23.7 Å². The van der Waals surface area contributed by atoms with Crippen LogP contribution in [-0.4, -0.2) is 45.3 Å². The highest BCUT2D eigenvalue weighted by Gasteiger charge is 2.32. The zero-order chi connectivity index (χ0) is 20.1. The summed E-state index contributed by atoms with van der Waals surface area (Å²) < 4.78 is 21.4. The van der Waals surface area contributed by atoms with E-state index in [4.69, 9.17) is 18.9 Å². The summed E-state index contributed by atoms with van der Waals surface area (Å²) in [5.41, 5.74) is 1.92. The molecular formula is C22H27NO5. The Labute approximate surface area is 166 Å². The van der Waals surface area contributed by atoms with Crippen LogP contribution < -0.4 is 18.9 Å². The van der Waals surface area contributed by atoms with Gasteiger partial charge in [0.05, 0.1) is 34.9 Å². The van der Waals surface area contributed by atoms with E-state index in [2.05, 4.69) is 0 Å². The summed E-state index contributed by atoms with van der Waals surface area (Å²) in [5, 5.41) is 0. The topological polar surface area (TPSA) is 57.2 Å². The van der Waals surface area contributed by atoms with Crippen LogP contribution in [0.2, 0.25) is 0 Å². The van der Waals surface area contributed by atoms with E-state index in [9.17, 15) is 4.79 Å². The third kappa shape index (κ3) is 4.50. The van der Waals surface area contributed by atoms with Crippen LogP contribution in [0, 0.1) is 0 Å². The molecule has 0 unspecified atom stereocenters. The van der Waals surface area contributed by atoms with Crippen LogP contribution in [0.5, 0.6) is 23.0 Å². The highest BCUT2D eigenvalue weighted by Crippen LogP contribution is 2.39. The Morgan fingerprint density at radius 1 is 0.893 bits per heavy atom. The fraction of sp³-hybridized carbons (Fsp3) is 0.409. The number of hydrogen-bond donors (Lipinski definition) is 0. The van der Waals surface area contributed by atoms with Gasteiger partial charge in [-0.05, 0) is 48.2 Å². The van der Waals surface area contributed by atoms with Crippen LogP contribution in [-0.2, 0) is 17.8 Å². The quantitative estimate of drug-likeness (QED) is 0.662. The fourth-order valence-electron chi connectivity index (χ4n) is 3.25. The predicted molar refractivity (Wildman–Crippen MR) is 106 cm³/mol. The number of ether oxygens (including phenoxy) is 4. The minimum atomic E-state index is 0.112. The van der Waals surface area contributed by atoms with Crippen molar-refractivity contribution in [3.05, 3.63) is 47.5 Å². The highest BCUT2D eigenvalue weighted by atomic mass is 16.5. The minimum Gasteiger partial charge on any atom is -0.497 e. The number of nitrogens with zero attached hydrogens (tertiary/aromatic N) is 1. The van der Waals surface area contributed by atoms with Gasteiger partial charge >= 0.3 is 0 Å². The number of hydrogen-bond acceptors (Lipinski definition) is 5. The van der Waals surface area contributed by atoms with E-state index >= 15 is 0 Å². The molecule has 0 spiro atoms. The first-order valence-electron chi connectivity index (χ1n) is 9.30. The first-order chi connectivity index (χ1) is 13.6. The molecule has 1 aliphatic rings.